The summed E-state index contributed by atoms with van der Waals surface area (Å²) in [4.78, 5) is 11.4. The van der Waals surface area contributed by atoms with Gasteiger partial charge >= 0.3 is 5.97 Å². The Labute approximate surface area is 111 Å². The molecule has 1 rings (SSSR count). The number of carbonyl (C=O) groups excluding carboxylic acids is 1. The van der Waals surface area contributed by atoms with Crippen molar-refractivity contribution in [3.05, 3.63) is 66.8 Å². The summed E-state index contributed by atoms with van der Waals surface area (Å²) in [7, 11) is 0. The van der Waals surface area contributed by atoms with Crippen molar-refractivity contribution in [1.29, 1.82) is 0 Å². The molecule has 0 aliphatic heterocycles. The molecular weight excluding hydrogens is 244 g/mol. The number of esters is 1. The van der Waals surface area contributed by atoms with Gasteiger partial charge in [0.2, 0.25) is 0 Å². The normalized spacial score (nSPS) is 11.4. The van der Waals surface area contributed by atoms with Gasteiger partial charge in [0.25, 0.3) is 0 Å². The fourth-order valence-corrected chi connectivity index (χ4v) is 1.23. The minimum Gasteiger partial charge on any atom is -0.512 e. The van der Waals surface area contributed by atoms with Crippen molar-refractivity contribution < 1.29 is 19.7 Å². The number of aromatic hydroxyl groups is 1. The largest absolute Gasteiger partial charge is 0.512 e. The molecule has 1 aromatic rings. The van der Waals surface area contributed by atoms with Gasteiger partial charge in [-0.25, -0.2) is 0 Å². The van der Waals surface area contributed by atoms with E-state index in [4.69, 9.17) is 10.2 Å². The van der Waals surface area contributed by atoms with Crippen molar-refractivity contribution in [2.75, 3.05) is 0 Å². The average Bonchev–Trinajstić information content (AvgIpc) is 2.43. The number of phenolic OH excluding ortho intramolecular Hbond substituents is 1. The van der Waals surface area contributed by atoms with Crippen molar-refractivity contribution in [1.82, 2.24) is 0 Å². The van der Waals surface area contributed by atoms with Gasteiger partial charge in [-0.1, -0.05) is 18.2 Å². The standard InChI is InChI=1S/C15H14O4/c1-2-13(15(18)19-11-10-16)5-3-4-12-6-8-14(17)9-7-12/h2,4-11,13,16-17H,1H2. The summed E-state index contributed by atoms with van der Waals surface area (Å²) >= 11 is 0. The van der Waals surface area contributed by atoms with Crippen LogP contribution in [0.2, 0.25) is 0 Å². The van der Waals surface area contributed by atoms with Gasteiger partial charge in [-0.2, -0.15) is 0 Å². The van der Waals surface area contributed by atoms with E-state index in [-0.39, 0.29) is 5.75 Å². The lowest BCUT2D eigenvalue weighted by Crippen LogP contribution is -2.10. The molecule has 0 aromatic heterocycles. The van der Waals surface area contributed by atoms with Crippen LogP contribution in [0.3, 0.4) is 0 Å². The molecule has 0 saturated carbocycles. The third kappa shape index (κ3) is 4.98. The molecule has 1 unspecified atom stereocenters. The molecule has 0 spiro atoms. The van der Waals surface area contributed by atoms with Gasteiger partial charge in [0, 0.05) is 0 Å². The number of aliphatic hydroxyl groups excluding tert-OH is 1. The Hall–Kier alpha value is -2.71. The Morgan fingerprint density at radius 2 is 2.05 bits per heavy atom. The van der Waals surface area contributed by atoms with Crippen molar-refractivity contribution in [3.63, 3.8) is 0 Å². The minimum absolute atomic E-state index is 0.185. The molecule has 1 atom stereocenters. The third-order valence-electron chi connectivity index (χ3n) is 2.19. The zero-order chi connectivity index (χ0) is 14.1. The molecular formula is C15H14O4. The smallest absolute Gasteiger partial charge is 0.322 e. The summed E-state index contributed by atoms with van der Waals surface area (Å²) in [6.07, 6.45) is 6.08. The number of rotatable bonds is 5. The van der Waals surface area contributed by atoms with E-state index in [2.05, 4.69) is 17.0 Å². The van der Waals surface area contributed by atoms with Gasteiger partial charge in [-0.3, -0.25) is 4.79 Å². The van der Waals surface area contributed by atoms with Gasteiger partial charge in [0.1, 0.15) is 24.2 Å². The van der Waals surface area contributed by atoms with Crippen LogP contribution in [0, 0.1) is 5.92 Å². The number of benzene rings is 1. The van der Waals surface area contributed by atoms with Crippen LogP contribution in [0.25, 0.3) is 6.08 Å². The van der Waals surface area contributed by atoms with Gasteiger partial charge in [-0.15, -0.1) is 12.3 Å². The van der Waals surface area contributed by atoms with Crippen LogP contribution in [0.5, 0.6) is 5.75 Å². The molecule has 0 heterocycles. The number of hydrogen-bond donors (Lipinski definition) is 2. The molecule has 0 aliphatic carbocycles. The highest BCUT2D eigenvalue weighted by Crippen LogP contribution is 2.10. The molecule has 4 heteroatoms. The van der Waals surface area contributed by atoms with E-state index < -0.39 is 11.9 Å². The summed E-state index contributed by atoms with van der Waals surface area (Å²) in [5.41, 5.74) is 3.67. The maximum absolute atomic E-state index is 11.4. The molecule has 0 saturated heterocycles. The molecule has 2 N–H and O–H groups in total. The van der Waals surface area contributed by atoms with E-state index in [1.807, 2.05) is 0 Å². The Bertz CT molecular complexity index is 520. The van der Waals surface area contributed by atoms with Crippen LogP contribution in [0.1, 0.15) is 5.56 Å². The number of ether oxygens (including phenoxy) is 1. The summed E-state index contributed by atoms with van der Waals surface area (Å²) in [5.74, 6) is -1.03. The maximum atomic E-state index is 11.4. The summed E-state index contributed by atoms with van der Waals surface area (Å²) in [6.45, 7) is 3.52. The Morgan fingerprint density at radius 1 is 1.37 bits per heavy atom. The third-order valence-corrected chi connectivity index (χ3v) is 2.19. The van der Waals surface area contributed by atoms with Crippen molar-refractivity contribution in [2.45, 2.75) is 0 Å². The zero-order valence-corrected chi connectivity index (χ0v) is 10.2. The van der Waals surface area contributed by atoms with E-state index in [1.54, 1.807) is 30.3 Å². The van der Waals surface area contributed by atoms with Gasteiger partial charge in [0.05, 0.1) is 0 Å². The van der Waals surface area contributed by atoms with Crippen LogP contribution in [-0.2, 0) is 9.53 Å². The lowest BCUT2D eigenvalue weighted by Gasteiger charge is -2.02. The quantitative estimate of drug-likeness (QED) is 0.369. The summed E-state index contributed by atoms with van der Waals surface area (Å²) in [5, 5.41) is 17.5. The number of aliphatic hydroxyl groups is 1. The Kier molecular flexibility index (Phi) is 5.73. The predicted octanol–water partition coefficient (Wildman–Crippen LogP) is 2.94. The van der Waals surface area contributed by atoms with Gasteiger partial charge in [-0.05, 0) is 29.8 Å². The van der Waals surface area contributed by atoms with E-state index in [0.29, 0.717) is 6.26 Å². The van der Waals surface area contributed by atoms with E-state index in [0.717, 1.165) is 11.8 Å². The van der Waals surface area contributed by atoms with Crippen LogP contribution >= 0.6 is 0 Å². The number of hydrogen-bond acceptors (Lipinski definition) is 4. The molecule has 0 fully saturated rings. The second-order valence-corrected chi connectivity index (χ2v) is 3.55. The Balaban J connectivity index is 2.74. The molecule has 19 heavy (non-hydrogen) atoms. The van der Waals surface area contributed by atoms with Crippen LogP contribution in [0.4, 0.5) is 0 Å². The highest BCUT2D eigenvalue weighted by Gasteiger charge is 2.11. The lowest BCUT2D eigenvalue weighted by molar-refractivity contribution is -0.139. The summed E-state index contributed by atoms with van der Waals surface area (Å²) < 4.78 is 4.60. The van der Waals surface area contributed by atoms with Crippen molar-refractivity contribution >= 4 is 12.0 Å². The first-order valence-electron chi connectivity index (χ1n) is 5.51. The first-order chi connectivity index (χ1) is 9.17. The minimum atomic E-state index is -0.649. The van der Waals surface area contributed by atoms with Crippen LogP contribution in [0.15, 0.2) is 61.3 Å². The molecule has 0 bridgehead atoms. The van der Waals surface area contributed by atoms with Crippen molar-refractivity contribution in [2.24, 2.45) is 5.92 Å². The molecule has 0 aliphatic rings. The fourth-order valence-electron chi connectivity index (χ4n) is 1.23. The second kappa shape index (κ2) is 7.58. The second-order valence-electron chi connectivity index (χ2n) is 3.55. The van der Waals surface area contributed by atoms with Crippen LogP contribution in [-0.4, -0.2) is 16.2 Å². The van der Waals surface area contributed by atoms with E-state index in [1.165, 1.54) is 12.2 Å². The first-order valence-corrected chi connectivity index (χ1v) is 5.51. The molecule has 98 valence electrons. The molecule has 1 aromatic carbocycles. The Morgan fingerprint density at radius 3 is 2.63 bits per heavy atom. The fraction of sp³-hybridized carbons (Fsp3) is 0.0667. The summed E-state index contributed by atoms with van der Waals surface area (Å²) in [6, 6.07) is 6.54. The average molecular weight is 258 g/mol. The van der Waals surface area contributed by atoms with Crippen molar-refractivity contribution in [3.8, 4) is 5.75 Å². The van der Waals surface area contributed by atoms with E-state index in [9.17, 15) is 4.79 Å². The topological polar surface area (TPSA) is 66.8 Å². The van der Waals surface area contributed by atoms with E-state index >= 15 is 0 Å². The molecule has 0 amide bonds. The molecule has 4 nitrogen and oxygen atoms in total. The molecule has 0 radical (unpaired) electrons. The monoisotopic (exact) mass is 258 g/mol. The predicted molar refractivity (Wildman–Crippen MR) is 72.2 cm³/mol. The lowest BCUT2D eigenvalue weighted by atomic mass is 10.1. The SMILES string of the molecule is C=CC(C=C=Cc1ccc(O)cc1)C(=O)OC=CO. The number of carbonyl (C=O) groups is 1. The van der Waals surface area contributed by atoms with Gasteiger partial charge < -0.3 is 14.9 Å². The highest BCUT2D eigenvalue weighted by molar-refractivity contribution is 5.77. The van der Waals surface area contributed by atoms with Gasteiger partial charge in [0.15, 0.2) is 0 Å². The maximum Gasteiger partial charge on any atom is 0.322 e. The van der Waals surface area contributed by atoms with Crippen LogP contribution < -0.4 is 0 Å². The first kappa shape index (κ1) is 14.4. The highest BCUT2D eigenvalue weighted by atomic mass is 16.5. The zero-order valence-electron chi connectivity index (χ0n) is 10.2. The number of phenols is 1.